The van der Waals surface area contributed by atoms with Crippen LogP contribution in [0.2, 0.25) is 0 Å². The number of rotatable bonds is 4. The minimum atomic E-state index is -0.278. The normalized spacial score (nSPS) is 30.6. The summed E-state index contributed by atoms with van der Waals surface area (Å²) in [5.74, 6) is 2.93. The molecule has 0 spiro atoms. The number of anilines is 1. The third-order valence-corrected chi connectivity index (χ3v) is 8.08. The summed E-state index contributed by atoms with van der Waals surface area (Å²) in [4.78, 5) is 28.3. The van der Waals surface area contributed by atoms with Gasteiger partial charge in [-0.25, -0.2) is 0 Å². The van der Waals surface area contributed by atoms with Crippen LogP contribution in [0.4, 0.5) is 5.69 Å². The van der Waals surface area contributed by atoms with Crippen molar-refractivity contribution in [3.8, 4) is 0 Å². The monoisotopic (exact) mass is 408 g/mol. The Labute approximate surface area is 177 Å². The van der Waals surface area contributed by atoms with Crippen LogP contribution >= 0.6 is 0 Å². The predicted octanol–water partition coefficient (Wildman–Crippen LogP) is 4.04. The third kappa shape index (κ3) is 2.93. The molecule has 1 amide bonds. The van der Waals surface area contributed by atoms with Crippen LogP contribution in [0.5, 0.6) is 0 Å². The number of fused-ring (bicyclic) bond motifs is 1. The van der Waals surface area contributed by atoms with Crippen molar-refractivity contribution in [2.45, 2.75) is 65.0 Å². The molecule has 1 aromatic heterocycles. The van der Waals surface area contributed by atoms with Crippen molar-refractivity contribution in [1.82, 2.24) is 4.57 Å². The zero-order valence-corrected chi connectivity index (χ0v) is 18.2. The highest BCUT2D eigenvalue weighted by Gasteiger charge is 2.51. The van der Waals surface area contributed by atoms with Crippen molar-refractivity contribution in [2.24, 2.45) is 23.7 Å². The summed E-state index contributed by atoms with van der Waals surface area (Å²) in [5, 5.41) is 11.0. The molecule has 4 aliphatic carbocycles. The van der Waals surface area contributed by atoms with Crippen LogP contribution in [0, 0.1) is 30.6 Å². The molecule has 5 heteroatoms. The van der Waals surface area contributed by atoms with Crippen LogP contribution in [-0.4, -0.2) is 28.2 Å². The minimum absolute atomic E-state index is 0.0796. The van der Waals surface area contributed by atoms with E-state index in [0.29, 0.717) is 17.2 Å². The Hall–Kier alpha value is -2.14. The van der Waals surface area contributed by atoms with Gasteiger partial charge in [-0.1, -0.05) is 6.07 Å². The largest absolute Gasteiger partial charge is 0.394 e. The third-order valence-electron chi connectivity index (χ3n) is 8.08. The van der Waals surface area contributed by atoms with Gasteiger partial charge in [-0.05, 0) is 87.3 Å². The predicted molar refractivity (Wildman–Crippen MR) is 119 cm³/mol. The van der Waals surface area contributed by atoms with Gasteiger partial charge in [0.2, 0.25) is 5.91 Å². The Morgan fingerprint density at radius 3 is 2.30 bits per heavy atom. The second kappa shape index (κ2) is 7.23. The van der Waals surface area contributed by atoms with E-state index < -0.39 is 0 Å². The fourth-order valence-corrected chi connectivity index (χ4v) is 7.02. The number of aliphatic hydroxyl groups is 1. The molecule has 4 fully saturated rings. The first kappa shape index (κ1) is 19.8. The van der Waals surface area contributed by atoms with Crippen LogP contribution in [0.25, 0.3) is 10.8 Å². The first-order chi connectivity index (χ1) is 14.4. The van der Waals surface area contributed by atoms with E-state index in [1.54, 1.807) is 17.7 Å². The molecule has 0 saturated heterocycles. The number of benzene rings is 1. The van der Waals surface area contributed by atoms with E-state index >= 15 is 0 Å². The lowest BCUT2D eigenvalue weighted by molar-refractivity contribution is -0.119. The number of nitrogens with zero attached hydrogens (tertiary/aromatic N) is 2. The summed E-state index contributed by atoms with van der Waals surface area (Å²) in [7, 11) is 0. The molecule has 1 aromatic carbocycles. The summed E-state index contributed by atoms with van der Waals surface area (Å²) < 4.78 is 1.59. The lowest BCUT2D eigenvalue weighted by atomic mass is 9.53. The average Bonchev–Trinajstić information content (AvgIpc) is 2.70. The molecule has 2 aromatic rings. The first-order valence-electron chi connectivity index (χ1n) is 11.4. The van der Waals surface area contributed by atoms with Crippen molar-refractivity contribution < 1.29 is 9.90 Å². The van der Waals surface area contributed by atoms with Crippen molar-refractivity contribution in [3.05, 3.63) is 40.3 Å². The maximum atomic E-state index is 13.2. The van der Waals surface area contributed by atoms with Crippen molar-refractivity contribution in [2.75, 3.05) is 11.5 Å². The number of pyridine rings is 1. The summed E-state index contributed by atoms with van der Waals surface area (Å²) in [6, 6.07) is 5.76. The standard InChI is InChI=1S/C25H32N2O3/c1-14-4-5-22-21(6-7-26(25(22)30)15(2)13-28)23(14)27(16(3)29)24-19-9-17-8-18(11-19)12-20(24)10-17/h4-7,15,17-20,24,28H,8-13H2,1-3H3/t15-,17?,18?,19?,20?,24?/m1/s1. The minimum Gasteiger partial charge on any atom is -0.394 e. The molecule has 6 rings (SSSR count). The van der Waals surface area contributed by atoms with E-state index in [-0.39, 0.29) is 30.2 Å². The molecule has 4 aliphatic rings. The maximum Gasteiger partial charge on any atom is 0.258 e. The highest BCUT2D eigenvalue weighted by molar-refractivity contribution is 6.04. The van der Waals surface area contributed by atoms with E-state index in [4.69, 9.17) is 0 Å². The highest BCUT2D eigenvalue weighted by atomic mass is 16.3. The number of carbonyl (C=O) groups excluding carboxylic acids is 1. The molecule has 5 nitrogen and oxygen atoms in total. The van der Waals surface area contributed by atoms with E-state index in [1.165, 1.54) is 32.1 Å². The van der Waals surface area contributed by atoms with E-state index in [0.717, 1.165) is 28.5 Å². The van der Waals surface area contributed by atoms with Gasteiger partial charge in [0.25, 0.3) is 5.56 Å². The molecular formula is C25H32N2O3. The molecule has 1 atom stereocenters. The zero-order chi connectivity index (χ0) is 21.2. The van der Waals surface area contributed by atoms with Gasteiger partial charge in [-0.15, -0.1) is 0 Å². The van der Waals surface area contributed by atoms with Gasteiger partial charge in [0.1, 0.15) is 0 Å². The van der Waals surface area contributed by atoms with Crippen molar-refractivity contribution >= 4 is 22.4 Å². The van der Waals surface area contributed by atoms with Crippen LogP contribution in [0.15, 0.2) is 29.2 Å². The molecule has 1 heterocycles. The maximum absolute atomic E-state index is 13.2. The van der Waals surface area contributed by atoms with Crippen LogP contribution in [-0.2, 0) is 4.79 Å². The molecule has 4 bridgehead atoms. The smallest absolute Gasteiger partial charge is 0.258 e. The average molecular weight is 409 g/mol. The molecule has 0 aliphatic heterocycles. The Morgan fingerprint density at radius 1 is 1.10 bits per heavy atom. The Balaban J connectivity index is 1.66. The number of amides is 1. The quantitative estimate of drug-likeness (QED) is 0.830. The van der Waals surface area contributed by atoms with Crippen LogP contribution in [0.3, 0.4) is 0 Å². The fraction of sp³-hybridized carbons (Fsp3) is 0.600. The molecule has 160 valence electrons. The van der Waals surface area contributed by atoms with Gasteiger partial charge in [0, 0.05) is 29.9 Å². The lowest BCUT2D eigenvalue weighted by Gasteiger charge is -2.57. The number of hydrogen-bond acceptors (Lipinski definition) is 3. The summed E-state index contributed by atoms with van der Waals surface area (Å²) in [6.07, 6.45) is 8.12. The number of aromatic nitrogens is 1. The van der Waals surface area contributed by atoms with Crippen molar-refractivity contribution in [3.63, 3.8) is 0 Å². The van der Waals surface area contributed by atoms with E-state index in [2.05, 4.69) is 4.90 Å². The molecule has 1 N–H and O–H groups in total. The SMILES string of the molecule is CC(=O)N(c1c(C)ccc2c(=O)n([C@H](C)CO)ccc12)C1C2CC3CC(C2)CC1C3. The second-order valence-corrected chi connectivity index (χ2v) is 10.1. The molecule has 0 radical (unpaired) electrons. The van der Waals surface area contributed by atoms with Gasteiger partial charge in [0.05, 0.1) is 18.3 Å². The van der Waals surface area contributed by atoms with Gasteiger partial charge in [0.15, 0.2) is 0 Å². The van der Waals surface area contributed by atoms with Crippen LogP contribution in [0.1, 0.15) is 57.6 Å². The second-order valence-electron chi connectivity index (χ2n) is 10.1. The van der Waals surface area contributed by atoms with Gasteiger partial charge in [-0.3, -0.25) is 9.59 Å². The first-order valence-corrected chi connectivity index (χ1v) is 11.4. The summed E-state index contributed by atoms with van der Waals surface area (Å²) >= 11 is 0. The van der Waals surface area contributed by atoms with Crippen LogP contribution < -0.4 is 10.5 Å². The lowest BCUT2D eigenvalue weighted by Crippen LogP contribution is -2.57. The molecule has 30 heavy (non-hydrogen) atoms. The number of hydrogen-bond donors (Lipinski definition) is 1. The summed E-state index contributed by atoms with van der Waals surface area (Å²) in [6.45, 7) is 5.47. The van der Waals surface area contributed by atoms with Gasteiger partial charge >= 0.3 is 0 Å². The summed E-state index contributed by atoms with van der Waals surface area (Å²) in [5.41, 5.74) is 1.85. The van der Waals surface area contributed by atoms with E-state index in [1.807, 2.05) is 32.0 Å². The Kier molecular flexibility index (Phi) is 4.77. The van der Waals surface area contributed by atoms with Crippen molar-refractivity contribution in [1.29, 1.82) is 0 Å². The topological polar surface area (TPSA) is 62.5 Å². The fourth-order valence-electron chi connectivity index (χ4n) is 7.02. The highest BCUT2D eigenvalue weighted by Crippen LogP contribution is 2.56. The number of carbonyl (C=O) groups is 1. The molecular weight excluding hydrogens is 376 g/mol. The van der Waals surface area contributed by atoms with E-state index in [9.17, 15) is 14.7 Å². The Bertz CT molecular complexity index is 1030. The number of aryl methyl sites for hydroxylation is 1. The Morgan fingerprint density at radius 2 is 1.73 bits per heavy atom. The number of aliphatic hydroxyl groups excluding tert-OH is 1. The zero-order valence-electron chi connectivity index (χ0n) is 18.2. The van der Waals surface area contributed by atoms with Gasteiger partial charge < -0.3 is 14.6 Å². The van der Waals surface area contributed by atoms with Gasteiger partial charge in [-0.2, -0.15) is 0 Å². The molecule has 0 unspecified atom stereocenters. The molecule has 4 saturated carbocycles.